The second-order valence-corrected chi connectivity index (χ2v) is 5.77. The summed E-state index contributed by atoms with van der Waals surface area (Å²) in [5.74, 6) is 1.07. The molecule has 0 aliphatic rings. The Labute approximate surface area is 123 Å². The molecule has 0 saturated carbocycles. The molecule has 2 aromatic rings. The molecular formula is C15H20BrN3. The number of nitrogens with zero attached hydrogens (tertiary/aromatic N) is 2. The Morgan fingerprint density at radius 1 is 1.32 bits per heavy atom. The Balaban J connectivity index is 2.30. The van der Waals surface area contributed by atoms with Gasteiger partial charge in [0.1, 0.15) is 5.82 Å². The molecule has 2 rings (SSSR count). The van der Waals surface area contributed by atoms with Crippen LogP contribution < -0.4 is 5.73 Å². The summed E-state index contributed by atoms with van der Waals surface area (Å²) < 4.78 is 3.34. The van der Waals surface area contributed by atoms with E-state index in [9.17, 15) is 0 Å². The van der Waals surface area contributed by atoms with Crippen molar-refractivity contribution in [3.05, 3.63) is 51.0 Å². The number of hydrogen-bond acceptors (Lipinski definition) is 2. The van der Waals surface area contributed by atoms with Crippen molar-refractivity contribution in [3.8, 4) is 0 Å². The van der Waals surface area contributed by atoms with Crippen LogP contribution in [-0.4, -0.2) is 16.1 Å². The molecule has 0 spiro atoms. The zero-order valence-electron chi connectivity index (χ0n) is 11.7. The molecule has 0 aliphatic carbocycles. The predicted octanol–water partition coefficient (Wildman–Crippen LogP) is 2.89. The Hall–Kier alpha value is -1.13. The summed E-state index contributed by atoms with van der Waals surface area (Å²) in [6.45, 7) is 4.81. The smallest absolute Gasteiger partial charge is 0.110 e. The summed E-state index contributed by atoms with van der Waals surface area (Å²) in [6.07, 6.45) is 1.73. The van der Waals surface area contributed by atoms with Gasteiger partial charge in [-0.3, -0.25) is 0 Å². The van der Waals surface area contributed by atoms with Crippen LogP contribution in [0.1, 0.15) is 28.3 Å². The third kappa shape index (κ3) is 3.07. The second kappa shape index (κ2) is 5.88. The van der Waals surface area contributed by atoms with Gasteiger partial charge in [-0.15, -0.1) is 0 Å². The van der Waals surface area contributed by atoms with Crippen molar-refractivity contribution < 1.29 is 0 Å². The van der Waals surface area contributed by atoms with Crippen LogP contribution in [0.15, 0.2) is 22.7 Å². The third-order valence-electron chi connectivity index (χ3n) is 3.48. The number of imidazole rings is 1. The first-order valence-corrected chi connectivity index (χ1v) is 7.28. The van der Waals surface area contributed by atoms with Crippen LogP contribution in [0.4, 0.5) is 0 Å². The molecule has 2 N–H and O–H groups in total. The molecule has 0 fully saturated rings. The SMILES string of the molecule is Cc1ccc(Cc2c(C)nc(CCN)n2C)cc1Br. The topological polar surface area (TPSA) is 43.8 Å². The molecule has 0 aliphatic heterocycles. The number of nitrogens with two attached hydrogens (primary N) is 1. The summed E-state index contributed by atoms with van der Waals surface area (Å²) in [5, 5.41) is 0. The fraction of sp³-hybridized carbons (Fsp3) is 0.400. The van der Waals surface area contributed by atoms with E-state index in [0.29, 0.717) is 6.54 Å². The molecule has 0 atom stereocenters. The number of halogens is 1. The van der Waals surface area contributed by atoms with Gasteiger partial charge in [0.25, 0.3) is 0 Å². The van der Waals surface area contributed by atoms with Crippen LogP contribution in [0.5, 0.6) is 0 Å². The van der Waals surface area contributed by atoms with E-state index >= 15 is 0 Å². The highest BCUT2D eigenvalue weighted by molar-refractivity contribution is 9.10. The lowest BCUT2D eigenvalue weighted by atomic mass is 10.1. The molecule has 3 nitrogen and oxygen atoms in total. The predicted molar refractivity (Wildman–Crippen MR) is 82.4 cm³/mol. The third-order valence-corrected chi connectivity index (χ3v) is 4.34. The highest BCUT2D eigenvalue weighted by Gasteiger charge is 2.11. The van der Waals surface area contributed by atoms with Crippen LogP contribution in [0, 0.1) is 13.8 Å². The van der Waals surface area contributed by atoms with Crippen molar-refractivity contribution in [3.63, 3.8) is 0 Å². The normalized spacial score (nSPS) is 11.0. The van der Waals surface area contributed by atoms with Crippen molar-refractivity contribution in [1.29, 1.82) is 0 Å². The van der Waals surface area contributed by atoms with Crippen LogP contribution in [-0.2, 0) is 19.9 Å². The van der Waals surface area contributed by atoms with E-state index in [4.69, 9.17) is 5.73 Å². The number of benzene rings is 1. The zero-order valence-corrected chi connectivity index (χ0v) is 13.3. The molecule has 1 aromatic carbocycles. The largest absolute Gasteiger partial charge is 0.334 e. The first-order valence-electron chi connectivity index (χ1n) is 6.49. The van der Waals surface area contributed by atoms with Gasteiger partial charge >= 0.3 is 0 Å². The molecule has 0 saturated heterocycles. The number of aryl methyl sites for hydroxylation is 2. The summed E-state index contributed by atoms with van der Waals surface area (Å²) in [4.78, 5) is 4.61. The maximum absolute atomic E-state index is 5.62. The Morgan fingerprint density at radius 2 is 2.05 bits per heavy atom. The van der Waals surface area contributed by atoms with Crippen LogP contribution >= 0.6 is 15.9 Å². The minimum atomic E-state index is 0.639. The standard InChI is InChI=1S/C15H20BrN3/c1-10-4-5-12(8-13(10)16)9-14-11(2)18-15(6-7-17)19(14)3/h4-5,8H,6-7,9,17H2,1-3H3. The molecule has 19 heavy (non-hydrogen) atoms. The van der Waals surface area contributed by atoms with Crippen LogP contribution in [0.2, 0.25) is 0 Å². The van der Waals surface area contributed by atoms with Gasteiger partial charge < -0.3 is 10.3 Å². The van der Waals surface area contributed by atoms with Gasteiger partial charge in [0.15, 0.2) is 0 Å². The van der Waals surface area contributed by atoms with Crippen molar-refractivity contribution in [2.45, 2.75) is 26.7 Å². The average molecular weight is 322 g/mol. The van der Waals surface area contributed by atoms with E-state index in [1.165, 1.54) is 16.8 Å². The van der Waals surface area contributed by atoms with Gasteiger partial charge in [-0.2, -0.15) is 0 Å². The fourth-order valence-corrected chi connectivity index (χ4v) is 2.70. The second-order valence-electron chi connectivity index (χ2n) is 4.92. The minimum absolute atomic E-state index is 0.639. The van der Waals surface area contributed by atoms with E-state index in [-0.39, 0.29) is 0 Å². The van der Waals surface area contributed by atoms with Gasteiger partial charge in [-0.25, -0.2) is 4.98 Å². The molecule has 102 valence electrons. The Kier molecular flexibility index (Phi) is 4.42. The molecule has 0 unspecified atom stereocenters. The Morgan fingerprint density at radius 3 is 2.68 bits per heavy atom. The lowest BCUT2D eigenvalue weighted by Gasteiger charge is -2.08. The van der Waals surface area contributed by atoms with Crippen molar-refractivity contribution >= 4 is 15.9 Å². The number of aromatic nitrogens is 2. The van der Waals surface area contributed by atoms with E-state index in [2.05, 4.69) is 64.6 Å². The van der Waals surface area contributed by atoms with Gasteiger partial charge in [0.2, 0.25) is 0 Å². The van der Waals surface area contributed by atoms with Crippen LogP contribution in [0.25, 0.3) is 0 Å². The highest BCUT2D eigenvalue weighted by Crippen LogP contribution is 2.21. The zero-order chi connectivity index (χ0) is 14.0. The fourth-order valence-electron chi connectivity index (χ4n) is 2.27. The average Bonchev–Trinajstić information content (AvgIpc) is 2.62. The van der Waals surface area contributed by atoms with Crippen molar-refractivity contribution in [2.24, 2.45) is 12.8 Å². The van der Waals surface area contributed by atoms with Gasteiger partial charge in [-0.05, 0) is 37.6 Å². The van der Waals surface area contributed by atoms with Gasteiger partial charge in [-0.1, -0.05) is 28.1 Å². The Bertz CT molecular complexity index is 587. The highest BCUT2D eigenvalue weighted by atomic mass is 79.9. The summed E-state index contributed by atoms with van der Waals surface area (Å²) >= 11 is 3.59. The van der Waals surface area contributed by atoms with E-state index < -0.39 is 0 Å². The first kappa shape index (κ1) is 14.3. The lowest BCUT2D eigenvalue weighted by molar-refractivity contribution is 0.749. The summed E-state index contributed by atoms with van der Waals surface area (Å²) in [5.41, 5.74) is 10.5. The molecule has 0 amide bonds. The molecule has 0 bridgehead atoms. The minimum Gasteiger partial charge on any atom is -0.334 e. The van der Waals surface area contributed by atoms with Crippen LogP contribution in [0.3, 0.4) is 0 Å². The van der Waals surface area contributed by atoms with Crippen molar-refractivity contribution in [2.75, 3.05) is 6.54 Å². The monoisotopic (exact) mass is 321 g/mol. The quantitative estimate of drug-likeness (QED) is 0.941. The molecule has 1 heterocycles. The maximum Gasteiger partial charge on any atom is 0.110 e. The maximum atomic E-state index is 5.62. The molecule has 0 radical (unpaired) electrons. The van der Waals surface area contributed by atoms with Gasteiger partial charge in [0.05, 0.1) is 5.69 Å². The first-order chi connectivity index (χ1) is 9.02. The molecular weight excluding hydrogens is 302 g/mol. The number of hydrogen-bond donors (Lipinski definition) is 1. The summed E-state index contributed by atoms with van der Waals surface area (Å²) in [6, 6.07) is 6.51. The van der Waals surface area contributed by atoms with Gasteiger partial charge in [0, 0.05) is 30.1 Å². The molecule has 4 heteroatoms. The van der Waals surface area contributed by atoms with E-state index in [1.54, 1.807) is 0 Å². The lowest BCUT2D eigenvalue weighted by Crippen LogP contribution is -2.09. The summed E-state index contributed by atoms with van der Waals surface area (Å²) in [7, 11) is 2.07. The van der Waals surface area contributed by atoms with Crippen molar-refractivity contribution in [1.82, 2.24) is 9.55 Å². The van der Waals surface area contributed by atoms with E-state index in [0.717, 1.165) is 28.8 Å². The van der Waals surface area contributed by atoms with E-state index in [1.807, 2.05) is 0 Å². The number of rotatable bonds is 4. The molecule has 1 aromatic heterocycles.